The molecule has 8 nitrogen and oxygen atoms in total. The number of rotatable bonds is 4. The Morgan fingerprint density at radius 1 is 1.24 bits per heavy atom. The van der Waals surface area contributed by atoms with E-state index in [4.69, 9.17) is 21.3 Å². The lowest BCUT2D eigenvalue weighted by Gasteiger charge is -2.33. The maximum atomic E-state index is 14.0. The molecule has 9 heteroatoms. The average Bonchev–Trinajstić information content (AvgIpc) is 3.55. The fourth-order valence-electron chi connectivity index (χ4n) is 4.59. The number of carbonyl (C=O) groups is 1. The number of nitrogens with zero attached hydrogens (tertiary/aromatic N) is 5. The largest absolute Gasteiger partial charge is 0.380 e. The highest BCUT2D eigenvalue weighted by molar-refractivity contribution is 6.32. The Kier molecular flexibility index (Phi) is 5.22. The van der Waals surface area contributed by atoms with Crippen molar-refractivity contribution in [2.24, 2.45) is 0 Å². The molecule has 2 atom stereocenters. The summed E-state index contributed by atoms with van der Waals surface area (Å²) in [6.07, 6.45) is 3.95. The molecule has 1 saturated heterocycles. The lowest BCUT2D eigenvalue weighted by atomic mass is 9.96. The number of ether oxygens (including phenoxy) is 1. The van der Waals surface area contributed by atoms with Gasteiger partial charge in [-0.3, -0.25) is 4.79 Å². The van der Waals surface area contributed by atoms with Crippen LogP contribution in [-0.2, 0) is 10.3 Å². The van der Waals surface area contributed by atoms with Crippen LogP contribution in [0.25, 0.3) is 16.7 Å². The lowest BCUT2D eigenvalue weighted by Crippen LogP contribution is -2.44. The maximum absolute atomic E-state index is 14.0. The van der Waals surface area contributed by atoms with Crippen molar-refractivity contribution in [1.82, 2.24) is 29.6 Å². The normalized spacial score (nSPS) is 20.6. The van der Waals surface area contributed by atoms with E-state index in [2.05, 4.69) is 15.1 Å². The first kappa shape index (κ1) is 21.6. The topological polar surface area (TPSA) is 88.9 Å². The minimum Gasteiger partial charge on any atom is -0.380 e. The highest BCUT2D eigenvalue weighted by Crippen LogP contribution is 2.40. The van der Waals surface area contributed by atoms with Crippen LogP contribution >= 0.6 is 11.6 Å². The number of carbonyl (C=O) groups excluding carboxylic acids is 1. The molecule has 1 aromatic carbocycles. The van der Waals surface area contributed by atoms with Crippen LogP contribution in [-0.4, -0.2) is 55.3 Å². The van der Waals surface area contributed by atoms with E-state index in [1.165, 1.54) is 0 Å². The van der Waals surface area contributed by atoms with E-state index in [9.17, 15) is 4.79 Å². The van der Waals surface area contributed by atoms with Crippen molar-refractivity contribution in [3.8, 4) is 5.69 Å². The van der Waals surface area contributed by atoms with Crippen LogP contribution in [0, 0.1) is 13.8 Å². The van der Waals surface area contributed by atoms with E-state index in [-0.39, 0.29) is 12.0 Å². The summed E-state index contributed by atoms with van der Waals surface area (Å²) in [6.45, 7) is 6.26. The number of imidazole rings is 1. The standard InChI is InChI=1S/C24H25ClN6O2/c1-14-6-9-19(31-11-5-10-26-31)21(27-14)22(32)30-13-16(33-4)12-24(30,3)23-28-18-8-7-17(25)15(2)20(18)29-23/h5-11,16H,12-13H2,1-4H3,(H,28,29)/t16-,24?/m1/s1. The fraction of sp³-hybridized carbons (Fsp3) is 0.333. The number of aryl methyl sites for hydroxylation is 2. The van der Waals surface area contributed by atoms with Crippen molar-refractivity contribution in [3.63, 3.8) is 0 Å². The van der Waals surface area contributed by atoms with Crippen molar-refractivity contribution in [2.75, 3.05) is 13.7 Å². The van der Waals surface area contributed by atoms with Gasteiger partial charge in [0.05, 0.1) is 22.8 Å². The average molecular weight is 465 g/mol. The number of methoxy groups -OCH3 is 1. The monoisotopic (exact) mass is 464 g/mol. The molecule has 0 saturated carbocycles. The van der Waals surface area contributed by atoms with Crippen molar-refractivity contribution >= 4 is 28.5 Å². The molecule has 5 rings (SSSR count). The molecular weight excluding hydrogens is 440 g/mol. The van der Waals surface area contributed by atoms with Gasteiger partial charge < -0.3 is 14.6 Å². The Balaban J connectivity index is 1.62. The third-order valence-electron chi connectivity index (χ3n) is 6.50. The van der Waals surface area contributed by atoms with Crippen LogP contribution in [0.2, 0.25) is 5.02 Å². The first-order valence-corrected chi connectivity index (χ1v) is 11.2. The summed E-state index contributed by atoms with van der Waals surface area (Å²) < 4.78 is 7.35. The van der Waals surface area contributed by atoms with E-state index >= 15 is 0 Å². The molecular formula is C24H25ClN6O2. The number of benzene rings is 1. The molecule has 1 fully saturated rings. The molecule has 1 aliphatic rings. The van der Waals surface area contributed by atoms with Gasteiger partial charge >= 0.3 is 0 Å². The highest BCUT2D eigenvalue weighted by Gasteiger charge is 2.49. The third kappa shape index (κ3) is 3.50. The summed E-state index contributed by atoms with van der Waals surface area (Å²) in [5.74, 6) is 0.505. The number of nitrogens with one attached hydrogen (secondary N) is 1. The number of likely N-dealkylation sites (tertiary alicyclic amines) is 1. The predicted octanol–water partition coefficient (Wildman–Crippen LogP) is 4.19. The Morgan fingerprint density at radius 2 is 2.06 bits per heavy atom. The zero-order valence-electron chi connectivity index (χ0n) is 19.0. The molecule has 0 spiro atoms. The Morgan fingerprint density at radius 3 is 2.79 bits per heavy atom. The van der Waals surface area contributed by atoms with Crippen LogP contribution in [0.5, 0.6) is 0 Å². The lowest BCUT2D eigenvalue weighted by molar-refractivity contribution is 0.0584. The Hall–Kier alpha value is -3.23. The van der Waals surface area contributed by atoms with Gasteiger partial charge in [-0.15, -0.1) is 0 Å². The van der Waals surface area contributed by atoms with Gasteiger partial charge in [0.25, 0.3) is 5.91 Å². The summed E-state index contributed by atoms with van der Waals surface area (Å²) in [6, 6.07) is 9.33. The minimum absolute atomic E-state index is 0.130. The predicted molar refractivity (Wildman–Crippen MR) is 126 cm³/mol. The second-order valence-corrected chi connectivity index (χ2v) is 9.08. The third-order valence-corrected chi connectivity index (χ3v) is 6.91. The number of halogens is 1. The summed E-state index contributed by atoms with van der Waals surface area (Å²) >= 11 is 6.32. The number of H-pyrrole nitrogens is 1. The summed E-state index contributed by atoms with van der Waals surface area (Å²) in [5, 5.41) is 4.97. The van der Waals surface area contributed by atoms with Gasteiger partial charge in [-0.2, -0.15) is 5.10 Å². The first-order chi connectivity index (χ1) is 15.8. The zero-order chi connectivity index (χ0) is 23.3. The number of aromatic nitrogens is 5. The number of hydrogen-bond donors (Lipinski definition) is 1. The van der Waals surface area contributed by atoms with Gasteiger partial charge in [-0.05, 0) is 56.7 Å². The molecule has 1 unspecified atom stereocenters. The van der Waals surface area contributed by atoms with Crippen LogP contribution in [0.1, 0.15) is 40.9 Å². The van der Waals surface area contributed by atoms with Gasteiger partial charge in [0, 0.05) is 43.2 Å². The van der Waals surface area contributed by atoms with E-state index in [1.807, 2.05) is 56.0 Å². The molecule has 170 valence electrons. The highest BCUT2D eigenvalue weighted by atomic mass is 35.5. The molecule has 4 heterocycles. The van der Waals surface area contributed by atoms with Crippen molar-refractivity contribution in [3.05, 3.63) is 70.5 Å². The molecule has 33 heavy (non-hydrogen) atoms. The fourth-order valence-corrected chi connectivity index (χ4v) is 4.74. The molecule has 4 aromatic rings. The Bertz CT molecular complexity index is 1350. The number of amides is 1. The number of fused-ring (bicyclic) bond motifs is 1. The molecule has 0 bridgehead atoms. The number of pyridine rings is 1. The number of hydrogen-bond acceptors (Lipinski definition) is 5. The van der Waals surface area contributed by atoms with E-state index in [1.54, 1.807) is 24.2 Å². The summed E-state index contributed by atoms with van der Waals surface area (Å²) in [4.78, 5) is 28.7. The molecule has 0 aliphatic carbocycles. The molecule has 1 amide bonds. The van der Waals surface area contributed by atoms with Gasteiger partial charge in [-0.1, -0.05) is 11.6 Å². The summed E-state index contributed by atoms with van der Waals surface area (Å²) in [7, 11) is 1.67. The summed E-state index contributed by atoms with van der Waals surface area (Å²) in [5.41, 5.74) is 3.60. The van der Waals surface area contributed by atoms with Crippen molar-refractivity contribution in [2.45, 2.75) is 38.8 Å². The first-order valence-electron chi connectivity index (χ1n) is 10.8. The van der Waals surface area contributed by atoms with Gasteiger partial charge in [0.15, 0.2) is 5.69 Å². The SMILES string of the molecule is CO[C@H]1CN(C(=O)c2nc(C)ccc2-n2cccn2)C(C)(c2nc3c(C)c(Cl)ccc3[nH]2)C1. The van der Waals surface area contributed by atoms with Crippen molar-refractivity contribution in [1.29, 1.82) is 0 Å². The molecule has 0 radical (unpaired) electrons. The quantitative estimate of drug-likeness (QED) is 0.489. The van der Waals surface area contributed by atoms with Crippen LogP contribution in [0.4, 0.5) is 0 Å². The van der Waals surface area contributed by atoms with Crippen LogP contribution < -0.4 is 0 Å². The van der Waals surface area contributed by atoms with Gasteiger partial charge in [-0.25, -0.2) is 14.6 Å². The van der Waals surface area contributed by atoms with E-state index < -0.39 is 5.54 Å². The smallest absolute Gasteiger partial charge is 0.275 e. The van der Waals surface area contributed by atoms with E-state index in [0.29, 0.717) is 35.2 Å². The van der Waals surface area contributed by atoms with Crippen LogP contribution in [0.3, 0.4) is 0 Å². The van der Waals surface area contributed by atoms with Gasteiger partial charge in [0.2, 0.25) is 0 Å². The van der Waals surface area contributed by atoms with Crippen LogP contribution in [0.15, 0.2) is 42.7 Å². The second-order valence-electron chi connectivity index (χ2n) is 8.68. The molecule has 1 N–H and O–H groups in total. The second kappa shape index (κ2) is 7.97. The maximum Gasteiger partial charge on any atom is 0.275 e. The van der Waals surface area contributed by atoms with Gasteiger partial charge in [0.1, 0.15) is 11.4 Å². The molecule has 3 aromatic heterocycles. The zero-order valence-corrected chi connectivity index (χ0v) is 19.7. The van der Waals surface area contributed by atoms with E-state index in [0.717, 1.165) is 22.3 Å². The Labute approximate surface area is 196 Å². The number of aromatic amines is 1. The van der Waals surface area contributed by atoms with Crippen molar-refractivity contribution < 1.29 is 9.53 Å². The minimum atomic E-state index is -0.720. The molecule has 1 aliphatic heterocycles.